The first-order chi connectivity index (χ1) is 14.1. The molecule has 148 valence electrons. The molecule has 0 bridgehead atoms. The lowest BCUT2D eigenvalue weighted by molar-refractivity contribution is -0.129. The van der Waals surface area contributed by atoms with Gasteiger partial charge in [0.15, 0.2) is 0 Å². The molecule has 1 aliphatic rings. The zero-order chi connectivity index (χ0) is 20.2. The fourth-order valence-electron chi connectivity index (χ4n) is 3.43. The summed E-state index contributed by atoms with van der Waals surface area (Å²) in [6, 6.07) is 18.0. The number of aryl methyl sites for hydroxylation is 1. The minimum atomic E-state index is -0.155. The third-order valence-corrected chi connectivity index (χ3v) is 6.16. The first kappa shape index (κ1) is 19.5. The van der Waals surface area contributed by atoms with Crippen molar-refractivity contribution in [2.24, 2.45) is 0 Å². The van der Waals surface area contributed by atoms with Crippen LogP contribution in [0.25, 0.3) is 11.4 Å². The Morgan fingerprint density at radius 1 is 1.14 bits per heavy atom. The van der Waals surface area contributed by atoms with Crippen molar-refractivity contribution in [3.8, 4) is 11.4 Å². The summed E-state index contributed by atoms with van der Waals surface area (Å²) in [5.41, 5.74) is 3.39. The Bertz CT molecular complexity index is 1060. The lowest BCUT2D eigenvalue weighted by Gasteiger charge is -2.27. The molecule has 5 nitrogen and oxygen atoms in total. The lowest BCUT2D eigenvalue weighted by Crippen LogP contribution is -2.40. The molecule has 0 saturated heterocycles. The molecule has 0 atom stereocenters. The molecular formula is C23H23N3O2S. The van der Waals surface area contributed by atoms with Crippen molar-refractivity contribution in [2.75, 3.05) is 12.3 Å². The second-order valence-corrected chi connectivity index (χ2v) is 8.11. The van der Waals surface area contributed by atoms with E-state index in [1.54, 1.807) is 4.90 Å². The second kappa shape index (κ2) is 8.66. The van der Waals surface area contributed by atoms with Gasteiger partial charge < -0.3 is 9.88 Å². The largest absolute Gasteiger partial charge is 0.337 e. The number of nitrogens with one attached hydrogen (secondary N) is 1. The SMILES string of the molecule is CCc1ccc(-c2nc3c(c(=O)[nH]2)CN(C(=O)CSc2ccccc2)CC3)cc1. The Morgan fingerprint density at radius 2 is 1.90 bits per heavy atom. The molecule has 1 aromatic heterocycles. The van der Waals surface area contributed by atoms with Gasteiger partial charge in [-0.2, -0.15) is 0 Å². The summed E-state index contributed by atoms with van der Waals surface area (Å²) in [6.45, 7) is 3.02. The van der Waals surface area contributed by atoms with Gasteiger partial charge in [-0.3, -0.25) is 9.59 Å². The highest BCUT2D eigenvalue weighted by Crippen LogP contribution is 2.22. The Balaban J connectivity index is 1.48. The zero-order valence-electron chi connectivity index (χ0n) is 16.4. The molecule has 0 saturated carbocycles. The Hall–Kier alpha value is -2.86. The number of fused-ring (bicyclic) bond motifs is 1. The van der Waals surface area contributed by atoms with E-state index in [1.807, 2.05) is 42.5 Å². The molecule has 6 heteroatoms. The van der Waals surface area contributed by atoms with Gasteiger partial charge in [0.2, 0.25) is 5.91 Å². The van der Waals surface area contributed by atoms with Crippen molar-refractivity contribution in [3.05, 3.63) is 81.8 Å². The molecule has 0 radical (unpaired) electrons. The minimum Gasteiger partial charge on any atom is -0.337 e. The van der Waals surface area contributed by atoms with Crippen LogP contribution >= 0.6 is 11.8 Å². The van der Waals surface area contributed by atoms with Crippen molar-refractivity contribution in [1.82, 2.24) is 14.9 Å². The fraction of sp³-hybridized carbons (Fsp3) is 0.261. The zero-order valence-corrected chi connectivity index (χ0v) is 17.2. The normalized spacial score (nSPS) is 13.2. The number of rotatable bonds is 5. The lowest BCUT2D eigenvalue weighted by atomic mass is 10.1. The molecule has 3 aromatic rings. The van der Waals surface area contributed by atoms with Gasteiger partial charge in [-0.05, 0) is 24.1 Å². The number of hydrogen-bond donors (Lipinski definition) is 1. The molecule has 0 spiro atoms. The molecule has 1 amide bonds. The van der Waals surface area contributed by atoms with Gasteiger partial charge >= 0.3 is 0 Å². The van der Waals surface area contributed by atoms with Gasteiger partial charge in [-0.15, -0.1) is 11.8 Å². The predicted molar refractivity (Wildman–Crippen MR) is 116 cm³/mol. The summed E-state index contributed by atoms with van der Waals surface area (Å²) in [4.78, 5) is 35.7. The van der Waals surface area contributed by atoms with Crippen LogP contribution in [0.2, 0.25) is 0 Å². The van der Waals surface area contributed by atoms with E-state index in [2.05, 4.69) is 29.0 Å². The van der Waals surface area contributed by atoms with E-state index in [0.717, 1.165) is 22.6 Å². The highest BCUT2D eigenvalue weighted by Gasteiger charge is 2.24. The van der Waals surface area contributed by atoms with Crippen molar-refractivity contribution in [3.63, 3.8) is 0 Å². The van der Waals surface area contributed by atoms with Crippen LogP contribution in [0, 0.1) is 0 Å². The Morgan fingerprint density at radius 3 is 2.62 bits per heavy atom. The van der Waals surface area contributed by atoms with Crippen LogP contribution < -0.4 is 5.56 Å². The van der Waals surface area contributed by atoms with E-state index in [9.17, 15) is 9.59 Å². The first-order valence-electron chi connectivity index (χ1n) is 9.81. The summed E-state index contributed by atoms with van der Waals surface area (Å²) in [5.74, 6) is 1.01. The monoisotopic (exact) mass is 405 g/mol. The van der Waals surface area contributed by atoms with Crippen molar-refractivity contribution >= 4 is 17.7 Å². The van der Waals surface area contributed by atoms with Gasteiger partial charge in [-0.25, -0.2) is 4.98 Å². The van der Waals surface area contributed by atoms with Crippen LogP contribution in [0.1, 0.15) is 23.7 Å². The topological polar surface area (TPSA) is 66.1 Å². The number of aromatic nitrogens is 2. The second-order valence-electron chi connectivity index (χ2n) is 7.06. The molecule has 4 rings (SSSR count). The first-order valence-corrected chi connectivity index (χ1v) is 10.8. The fourth-order valence-corrected chi connectivity index (χ4v) is 4.25. The third-order valence-electron chi connectivity index (χ3n) is 5.16. The van der Waals surface area contributed by atoms with E-state index in [-0.39, 0.29) is 11.5 Å². The molecular weight excluding hydrogens is 382 g/mol. The average Bonchev–Trinajstić information content (AvgIpc) is 2.78. The summed E-state index contributed by atoms with van der Waals surface area (Å²) in [6.07, 6.45) is 1.57. The number of nitrogens with zero attached hydrogens (tertiary/aromatic N) is 2. The summed E-state index contributed by atoms with van der Waals surface area (Å²) in [7, 11) is 0. The Kier molecular flexibility index (Phi) is 5.81. The molecule has 0 fully saturated rings. The van der Waals surface area contributed by atoms with Crippen molar-refractivity contribution in [1.29, 1.82) is 0 Å². The number of amides is 1. The smallest absolute Gasteiger partial charge is 0.256 e. The number of carbonyl (C=O) groups excluding carboxylic acids is 1. The maximum absolute atomic E-state index is 12.7. The maximum Gasteiger partial charge on any atom is 0.256 e. The molecule has 2 aromatic carbocycles. The number of benzene rings is 2. The number of H-pyrrole nitrogens is 1. The van der Waals surface area contributed by atoms with E-state index >= 15 is 0 Å². The molecule has 1 aliphatic heterocycles. The van der Waals surface area contributed by atoms with Crippen molar-refractivity contribution in [2.45, 2.75) is 31.2 Å². The van der Waals surface area contributed by atoms with E-state index in [0.29, 0.717) is 36.7 Å². The van der Waals surface area contributed by atoms with Gasteiger partial charge in [-0.1, -0.05) is 49.4 Å². The predicted octanol–water partition coefficient (Wildman–Crippen LogP) is 3.68. The highest BCUT2D eigenvalue weighted by atomic mass is 32.2. The standard InChI is InChI=1S/C23H23N3O2S/c1-2-16-8-10-17(11-9-16)22-24-20-12-13-26(14-19(20)23(28)25-22)21(27)15-29-18-6-4-3-5-7-18/h3-11H,2,12-15H2,1H3,(H,24,25,28). The molecule has 0 unspecified atom stereocenters. The molecule has 0 aliphatic carbocycles. The summed E-state index contributed by atoms with van der Waals surface area (Å²) >= 11 is 1.52. The van der Waals surface area contributed by atoms with Crippen molar-refractivity contribution < 1.29 is 4.79 Å². The van der Waals surface area contributed by atoms with E-state index in [4.69, 9.17) is 0 Å². The van der Waals surface area contributed by atoms with Crippen LogP contribution in [0.5, 0.6) is 0 Å². The highest BCUT2D eigenvalue weighted by molar-refractivity contribution is 8.00. The molecule has 29 heavy (non-hydrogen) atoms. The maximum atomic E-state index is 12.7. The quantitative estimate of drug-likeness (QED) is 0.658. The summed E-state index contributed by atoms with van der Waals surface area (Å²) in [5, 5.41) is 0. The molecule has 2 heterocycles. The van der Waals surface area contributed by atoms with Gasteiger partial charge in [0, 0.05) is 23.4 Å². The summed E-state index contributed by atoms with van der Waals surface area (Å²) < 4.78 is 0. The Labute approximate surface area is 174 Å². The third kappa shape index (κ3) is 4.43. The van der Waals surface area contributed by atoms with Gasteiger partial charge in [0.05, 0.1) is 23.6 Å². The minimum absolute atomic E-state index is 0.0446. The van der Waals surface area contributed by atoms with Gasteiger partial charge in [0.1, 0.15) is 5.82 Å². The number of thioether (sulfide) groups is 1. The van der Waals surface area contributed by atoms with Crippen LogP contribution in [0.4, 0.5) is 0 Å². The van der Waals surface area contributed by atoms with Crippen LogP contribution in [-0.2, 0) is 24.2 Å². The van der Waals surface area contributed by atoms with E-state index < -0.39 is 0 Å². The van der Waals surface area contributed by atoms with Crippen LogP contribution in [0.3, 0.4) is 0 Å². The van der Waals surface area contributed by atoms with Crippen LogP contribution in [-0.4, -0.2) is 33.1 Å². The average molecular weight is 406 g/mol. The van der Waals surface area contributed by atoms with E-state index in [1.165, 1.54) is 17.3 Å². The van der Waals surface area contributed by atoms with Gasteiger partial charge in [0.25, 0.3) is 5.56 Å². The number of hydrogen-bond acceptors (Lipinski definition) is 4. The number of aromatic amines is 1. The number of carbonyl (C=O) groups is 1. The van der Waals surface area contributed by atoms with Crippen LogP contribution in [0.15, 0.2) is 64.3 Å². The molecule has 1 N–H and O–H groups in total.